The number of nitrogens with zero attached hydrogens (tertiary/aromatic N) is 2. The van der Waals surface area contributed by atoms with Gasteiger partial charge in [0.1, 0.15) is 10.5 Å². The summed E-state index contributed by atoms with van der Waals surface area (Å²) in [6.07, 6.45) is -7.93. The molecule has 2 heterocycles. The average molecular weight is 549 g/mol. The summed E-state index contributed by atoms with van der Waals surface area (Å²) in [5, 5.41) is 2.34. The third-order valence-electron chi connectivity index (χ3n) is 4.84. The summed E-state index contributed by atoms with van der Waals surface area (Å²) < 4.78 is 108. The molecule has 8 nitrogen and oxygen atoms in total. The van der Waals surface area contributed by atoms with Crippen LogP contribution in [0.15, 0.2) is 65.8 Å². The minimum atomic E-state index is -5.04. The minimum absolute atomic E-state index is 0.0372. The Morgan fingerprint density at radius 1 is 0.892 bits per heavy atom. The fourth-order valence-corrected chi connectivity index (χ4v) is 4.18. The van der Waals surface area contributed by atoms with E-state index in [4.69, 9.17) is 4.74 Å². The number of amides is 1. The second-order valence-corrected chi connectivity index (χ2v) is 10.4. The molecule has 0 bridgehead atoms. The number of halogens is 6. The zero-order valence-electron chi connectivity index (χ0n) is 18.9. The third kappa shape index (κ3) is 6.67. The SMILES string of the molecule is CC(C)(C(=O)Nc1ccc(Oc2ccc(C(F)(F)F)cn2)nc1)S(=O)(=O)c1cccc(OC(F)(F)F)c1. The van der Waals surface area contributed by atoms with Crippen LogP contribution >= 0.6 is 0 Å². The van der Waals surface area contributed by atoms with Gasteiger partial charge in [-0.1, -0.05) is 6.07 Å². The Morgan fingerprint density at radius 2 is 1.51 bits per heavy atom. The predicted molar refractivity (Wildman–Crippen MR) is 117 cm³/mol. The van der Waals surface area contributed by atoms with Crippen molar-refractivity contribution in [1.82, 2.24) is 9.97 Å². The summed E-state index contributed by atoms with van der Waals surface area (Å²) in [7, 11) is -4.49. The summed E-state index contributed by atoms with van der Waals surface area (Å²) in [6.45, 7) is 2.13. The molecule has 37 heavy (non-hydrogen) atoms. The zero-order chi connectivity index (χ0) is 27.6. The van der Waals surface area contributed by atoms with Crippen LogP contribution in [0.4, 0.5) is 32.0 Å². The van der Waals surface area contributed by atoms with Crippen molar-refractivity contribution in [2.75, 3.05) is 5.32 Å². The molecule has 0 fully saturated rings. The maximum absolute atomic E-state index is 13.0. The standard InChI is InChI=1S/C22H17F6N3O5S/c1-20(2,37(33,34)16-5-3-4-15(10-16)36-22(26,27)28)19(32)31-14-7-9-18(30-12-14)35-17-8-6-13(11-29-17)21(23,24)25/h3-12H,1-2H3,(H,31,32). The maximum atomic E-state index is 13.0. The topological polar surface area (TPSA) is 107 Å². The maximum Gasteiger partial charge on any atom is 0.573 e. The largest absolute Gasteiger partial charge is 0.573 e. The molecule has 3 aromatic rings. The van der Waals surface area contributed by atoms with Crippen LogP contribution in [0, 0.1) is 0 Å². The van der Waals surface area contributed by atoms with Gasteiger partial charge in [-0.05, 0) is 44.2 Å². The molecular formula is C22H17F6N3O5S. The number of hydrogen-bond donors (Lipinski definition) is 1. The van der Waals surface area contributed by atoms with Gasteiger partial charge in [-0.2, -0.15) is 13.2 Å². The lowest BCUT2D eigenvalue weighted by atomic mass is 10.2. The van der Waals surface area contributed by atoms with Gasteiger partial charge in [0.25, 0.3) is 0 Å². The van der Waals surface area contributed by atoms with E-state index in [-0.39, 0.29) is 17.4 Å². The van der Waals surface area contributed by atoms with Crippen molar-refractivity contribution >= 4 is 21.4 Å². The number of nitrogens with one attached hydrogen (secondary N) is 1. The molecule has 0 aliphatic heterocycles. The monoisotopic (exact) mass is 549 g/mol. The van der Waals surface area contributed by atoms with Crippen molar-refractivity contribution < 1.29 is 49.0 Å². The van der Waals surface area contributed by atoms with E-state index in [1.807, 2.05) is 0 Å². The first-order valence-corrected chi connectivity index (χ1v) is 11.6. The fraction of sp³-hybridized carbons (Fsp3) is 0.227. The third-order valence-corrected chi connectivity index (χ3v) is 7.24. The lowest BCUT2D eigenvalue weighted by molar-refractivity contribution is -0.274. The second-order valence-electron chi connectivity index (χ2n) is 7.86. The van der Waals surface area contributed by atoms with Crippen molar-refractivity contribution in [3.63, 3.8) is 0 Å². The van der Waals surface area contributed by atoms with Crippen LogP contribution in [0.5, 0.6) is 17.5 Å². The molecular weight excluding hydrogens is 532 g/mol. The van der Waals surface area contributed by atoms with E-state index in [0.29, 0.717) is 12.3 Å². The highest BCUT2D eigenvalue weighted by Gasteiger charge is 2.43. The van der Waals surface area contributed by atoms with Gasteiger partial charge in [0.15, 0.2) is 9.84 Å². The van der Waals surface area contributed by atoms with Gasteiger partial charge >= 0.3 is 12.5 Å². The first kappa shape index (κ1) is 27.7. The number of ether oxygens (including phenoxy) is 2. The number of carbonyl (C=O) groups is 1. The Kier molecular flexibility index (Phi) is 7.40. The molecule has 2 aromatic heterocycles. The van der Waals surface area contributed by atoms with E-state index in [0.717, 1.165) is 50.4 Å². The van der Waals surface area contributed by atoms with E-state index < -0.39 is 49.2 Å². The Hall–Kier alpha value is -3.88. The molecule has 0 aliphatic carbocycles. The van der Waals surface area contributed by atoms with Crippen LogP contribution in [0.25, 0.3) is 0 Å². The van der Waals surface area contributed by atoms with E-state index in [1.54, 1.807) is 0 Å². The Balaban J connectivity index is 1.71. The van der Waals surface area contributed by atoms with Crippen LogP contribution < -0.4 is 14.8 Å². The number of hydrogen-bond acceptors (Lipinski definition) is 7. The van der Waals surface area contributed by atoms with E-state index in [2.05, 4.69) is 20.0 Å². The van der Waals surface area contributed by atoms with Gasteiger partial charge < -0.3 is 14.8 Å². The summed E-state index contributed by atoms with van der Waals surface area (Å²) in [4.78, 5) is 19.6. The zero-order valence-corrected chi connectivity index (χ0v) is 19.7. The number of benzene rings is 1. The summed E-state index contributed by atoms with van der Waals surface area (Å²) in [5.41, 5.74) is -0.932. The van der Waals surface area contributed by atoms with Gasteiger partial charge in [0.05, 0.1) is 22.3 Å². The van der Waals surface area contributed by atoms with Crippen LogP contribution in [0.1, 0.15) is 19.4 Å². The smallest absolute Gasteiger partial charge is 0.421 e. The van der Waals surface area contributed by atoms with Crippen LogP contribution in [-0.2, 0) is 20.8 Å². The highest BCUT2D eigenvalue weighted by molar-refractivity contribution is 7.93. The molecule has 0 radical (unpaired) electrons. The highest BCUT2D eigenvalue weighted by atomic mass is 32.2. The van der Waals surface area contributed by atoms with Crippen LogP contribution in [0.2, 0.25) is 0 Å². The molecule has 3 rings (SSSR count). The lowest BCUT2D eigenvalue weighted by Crippen LogP contribution is -2.44. The Labute approximate surface area is 206 Å². The lowest BCUT2D eigenvalue weighted by Gasteiger charge is -2.24. The number of sulfone groups is 1. The molecule has 0 aliphatic rings. The highest BCUT2D eigenvalue weighted by Crippen LogP contribution is 2.32. The molecule has 0 saturated carbocycles. The van der Waals surface area contributed by atoms with Crippen molar-refractivity contribution in [2.45, 2.75) is 36.0 Å². The number of carbonyl (C=O) groups excluding carboxylic acids is 1. The van der Waals surface area contributed by atoms with Crippen molar-refractivity contribution in [2.24, 2.45) is 0 Å². The summed E-state index contributed by atoms with van der Waals surface area (Å²) >= 11 is 0. The van der Waals surface area contributed by atoms with Gasteiger partial charge in [0, 0.05) is 18.3 Å². The van der Waals surface area contributed by atoms with Crippen molar-refractivity contribution in [1.29, 1.82) is 0 Å². The quantitative estimate of drug-likeness (QED) is 0.395. The Morgan fingerprint density at radius 3 is 2.03 bits per heavy atom. The number of rotatable bonds is 7. The van der Waals surface area contributed by atoms with Crippen LogP contribution in [0.3, 0.4) is 0 Å². The minimum Gasteiger partial charge on any atom is -0.421 e. The van der Waals surface area contributed by atoms with Gasteiger partial charge in [-0.3, -0.25) is 4.79 Å². The summed E-state index contributed by atoms with van der Waals surface area (Å²) in [5.74, 6) is -2.05. The number of anilines is 1. The first-order valence-electron chi connectivity index (χ1n) is 10.1. The summed E-state index contributed by atoms with van der Waals surface area (Å²) in [6, 6.07) is 7.91. The molecule has 1 aromatic carbocycles. The van der Waals surface area contributed by atoms with Gasteiger partial charge in [0.2, 0.25) is 17.7 Å². The van der Waals surface area contributed by atoms with E-state index in [1.165, 1.54) is 12.1 Å². The molecule has 15 heteroatoms. The average Bonchev–Trinajstić information content (AvgIpc) is 2.79. The van der Waals surface area contributed by atoms with Crippen molar-refractivity contribution in [3.05, 3.63) is 66.5 Å². The van der Waals surface area contributed by atoms with Gasteiger partial charge in [-0.15, -0.1) is 13.2 Å². The molecule has 0 atom stereocenters. The normalized spacial score (nSPS) is 12.6. The molecule has 1 amide bonds. The van der Waals surface area contributed by atoms with Crippen molar-refractivity contribution in [3.8, 4) is 17.5 Å². The predicted octanol–water partition coefficient (Wildman–Crippen LogP) is 5.38. The van der Waals surface area contributed by atoms with E-state index in [9.17, 15) is 39.6 Å². The molecule has 1 N–H and O–H groups in total. The van der Waals surface area contributed by atoms with Gasteiger partial charge in [-0.25, -0.2) is 18.4 Å². The number of alkyl halides is 6. The Bertz CT molecular complexity index is 1370. The number of aromatic nitrogens is 2. The molecule has 0 spiro atoms. The molecule has 0 unspecified atom stereocenters. The second kappa shape index (κ2) is 9.88. The number of pyridine rings is 2. The fourth-order valence-electron chi connectivity index (χ4n) is 2.77. The van der Waals surface area contributed by atoms with Crippen LogP contribution in [-0.4, -0.2) is 35.4 Å². The first-order chi connectivity index (χ1) is 17.0. The van der Waals surface area contributed by atoms with E-state index >= 15 is 0 Å². The molecule has 0 saturated heterocycles. The molecule has 198 valence electrons.